The number of carbonyl (C=O) groups is 1. The Hall–Kier alpha value is -3.27. The van der Waals surface area contributed by atoms with Crippen LogP contribution < -0.4 is 5.32 Å². The van der Waals surface area contributed by atoms with E-state index in [0.29, 0.717) is 10.6 Å². The summed E-state index contributed by atoms with van der Waals surface area (Å²) in [7, 11) is 1.84. The molecule has 1 aromatic carbocycles. The zero-order valence-corrected chi connectivity index (χ0v) is 17.1. The molecule has 1 amide bonds. The molecule has 10 heteroatoms. The van der Waals surface area contributed by atoms with Crippen LogP contribution in [0.4, 0.5) is 18.9 Å². The molecule has 0 saturated heterocycles. The highest BCUT2D eigenvalue weighted by Crippen LogP contribution is 2.48. The fourth-order valence-corrected chi connectivity index (χ4v) is 4.49. The Morgan fingerprint density at radius 1 is 1.26 bits per heavy atom. The fourth-order valence-electron chi connectivity index (χ4n) is 3.61. The lowest BCUT2D eigenvalue weighted by Crippen LogP contribution is -2.14. The molecule has 0 radical (unpaired) electrons. The number of carbonyl (C=O) groups excluding carboxylic acids is 1. The topological polar surface area (TPSA) is 72.7 Å². The van der Waals surface area contributed by atoms with Gasteiger partial charge in [0.1, 0.15) is 16.1 Å². The molecule has 1 aliphatic rings. The Kier molecular flexibility index (Phi) is 4.54. The lowest BCUT2D eigenvalue weighted by molar-refractivity contribution is -0.141. The zero-order valence-electron chi connectivity index (χ0n) is 16.3. The number of amides is 1. The van der Waals surface area contributed by atoms with Gasteiger partial charge in [-0.25, -0.2) is 0 Å². The highest BCUT2D eigenvalue weighted by molar-refractivity contribution is 7.08. The van der Waals surface area contributed by atoms with Gasteiger partial charge in [0.15, 0.2) is 0 Å². The molecule has 4 aromatic rings. The molecule has 0 aliphatic heterocycles. The van der Waals surface area contributed by atoms with Gasteiger partial charge in [0.25, 0.3) is 5.91 Å². The Labute approximate surface area is 178 Å². The van der Waals surface area contributed by atoms with Crippen LogP contribution in [0.2, 0.25) is 0 Å². The standard InChI is InChI=1S/C21H16F3N5OS/c1-29-10-12-3-2-4-14(17(12)27-29)18-16(11-5-6-11)19(31-28-18)20(30)26-13-7-8-25-15(9-13)21(22,23)24/h2-4,7-11H,5-6H2,1H3,(H,25,26,30). The molecular weight excluding hydrogens is 427 g/mol. The number of anilines is 1. The van der Waals surface area contributed by atoms with Crippen LogP contribution in [0.15, 0.2) is 42.7 Å². The van der Waals surface area contributed by atoms with E-state index in [2.05, 4.69) is 19.8 Å². The van der Waals surface area contributed by atoms with Crippen molar-refractivity contribution in [3.05, 3.63) is 58.9 Å². The van der Waals surface area contributed by atoms with E-state index in [1.165, 1.54) is 6.07 Å². The first-order chi connectivity index (χ1) is 14.8. The molecule has 0 unspecified atom stereocenters. The molecule has 1 N–H and O–H groups in total. The minimum Gasteiger partial charge on any atom is -0.321 e. The van der Waals surface area contributed by atoms with E-state index >= 15 is 0 Å². The van der Waals surface area contributed by atoms with Crippen molar-refractivity contribution in [1.82, 2.24) is 19.1 Å². The van der Waals surface area contributed by atoms with E-state index in [4.69, 9.17) is 0 Å². The number of hydrogen-bond acceptors (Lipinski definition) is 5. The summed E-state index contributed by atoms with van der Waals surface area (Å²) >= 11 is 1.06. The normalized spacial score (nSPS) is 14.2. The maximum absolute atomic E-state index is 13.0. The summed E-state index contributed by atoms with van der Waals surface area (Å²) in [5.41, 5.74) is 2.18. The third-order valence-electron chi connectivity index (χ3n) is 5.13. The average molecular weight is 443 g/mol. The highest BCUT2D eigenvalue weighted by atomic mass is 32.1. The molecule has 0 bridgehead atoms. The molecule has 1 aliphatic carbocycles. The van der Waals surface area contributed by atoms with Crippen molar-refractivity contribution in [3.8, 4) is 11.3 Å². The molecule has 3 aromatic heterocycles. The summed E-state index contributed by atoms with van der Waals surface area (Å²) in [5.74, 6) is -0.269. The fraction of sp³-hybridized carbons (Fsp3) is 0.238. The van der Waals surface area contributed by atoms with Gasteiger partial charge in [0.05, 0.1) is 5.69 Å². The summed E-state index contributed by atoms with van der Waals surface area (Å²) < 4.78 is 45.1. The van der Waals surface area contributed by atoms with E-state index < -0.39 is 17.8 Å². The Morgan fingerprint density at radius 2 is 2.06 bits per heavy atom. The largest absolute Gasteiger partial charge is 0.433 e. The first kappa shape index (κ1) is 19.7. The number of rotatable bonds is 4. The van der Waals surface area contributed by atoms with Crippen LogP contribution in [-0.4, -0.2) is 25.0 Å². The molecule has 5 rings (SSSR count). The van der Waals surface area contributed by atoms with E-state index in [9.17, 15) is 18.0 Å². The summed E-state index contributed by atoms with van der Waals surface area (Å²) in [4.78, 5) is 16.7. The van der Waals surface area contributed by atoms with E-state index in [1.807, 2.05) is 31.4 Å². The van der Waals surface area contributed by atoms with Gasteiger partial charge in [-0.05, 0) is 42.4 Å². The third kappa shape index (κ3) is 3.67. The number of nitrogens with one attached hydrogen (secondary N) is 1. The van der Waals surface area contributed by atoms with Gasteiger partial charge in [-0.2, -0.15) is 22.6 Å². The van der Waals surface area contributed by atoms with Crippen molar-refractivity contribution in [2.24, 2.45) is 7.05 Å². The van der Waals surface area contributed by atoms with Crippen LogP contribution in [-0.2, 0) is 13.2 Å². The first-order valence-electron chi connectivity index (χ1n) is 9.58. The monoisotopic (exact) mass is 443 g/mol. The molecule has 0 spiro atoms. The summed E-state index contributed by atoms with van der Waals surface area (Å²) in [6.45, 7) is 0. The second kappa shape index (κ2) is 7.16. The van der Waals surface area contributed by atoms with Crippen LogP contribution in [0.3, 0.4) is 0 Å². The van der Waals surface area contributed by atoms with Gasteiger partial charge in [-0.3, -0.25) is 14.5 Å². The lowest BCUT2D eigenvalue weighted by Gasteiger charge is -2.09. The molecule has 1 saturated carbocycles. The second-order valence-electron chi connectivity index (χ2n) is 7.48. The van der Waals surface area contributed by atoms with Crippen molar-refractivity contribution < 1.29 is 18.0 Å². The summed E-state index contributed by atoms with van der Waals surface area (Å²) in [6.07, 6.45) is 0.241. The molecule has 158 valence electrons. The van der Waals surface area contributed by atoms with Crippen LogP contribution in [0, 0.1) is 0 Å². The van der Waals surface area contributed by atoms with Crippen LogP contribution in [0.5, 0.6) is 0 Å². The Morgan fingerprint density at radius 3 is 2.81 bits per heavy atom. The summed E-state index contributed by atoms with van der Waals surface area (Å²) in [6, 6.07) is 7.97. The number of halogens is 3. The predicted octanol–water partition coefficient (Wildman–Crippen LogP) is 5.24. The van der Waals surface area contributed by atoms with Crippen molar-refractivity contribution >= 4 is 34.0 Å². The van der Waals surface area contributed by atoms with Crippen LogP contribution in [0.25, 0.3) is 22.2 Å². The maximum atomic E-state index is 13.0. The quantitative estimate of drug-likeness (QED) is 0.468. The number of nitrogens with zero attached hydrogens (tertiary/aromatic N) is 4. The molecule has 6 nitrogen and oxygen atoms in total. The number of benzene rings is 1. The Balaban J connectivity index is 1.53. The second-order valence-corrected chi connectivity index (χ2v) is 8.25. The average Bonchev–Trinajstić information content (AvgIpc) is 3.34. The number of aryl methyl sites for hydroxylation is 1. The number of fused-ring (bicyclic) bond motifs is 1. The van der Waals surface area contributed by atoms with Crippen molar-refractivity contribution in [3.63, 3.8) is 0 Å². The van der Waals surface area contributed by atoms with Gasteiger partial charge in [0, 0.05) is 41.6 Å². The van der Waals surface area contributed by atoms with E-state index in [-0.39, 0.29) is 11.6 Å². The maximum Gasteiger partial charge on any atom is 0.433 e. The van der Waals surface area contributed by atoms with Crippen LogP contribution >= 0.6 is 11.5 Å². The lowest BCUT2D eigenvalue weighted by atomic mass is 10.0. The SMILES string of the molecule is Cn1cc2cccc(-c3nsc(C(=O)Nc4ccnc(C(F)(F)F)c4)c3C3CC3)c2n1. The van der Waals surface area contributed by atoms with E-state index in [0.717, 1.165) is 58.7 Å². The molecular formula is C21H16F3N5OS. The van der Waals surface area contributed by atoms with Crippen molar-refractivity contribution in [2.75, 3.05) is 5.32 Å². The molecule has 0 atom stereocenters. The number of pyridine rings is 1. The number of alkyl halides is 3. The van der Waals surface area contributed by atoms with Crippen molar-refractivity contribution in [1.29, 1.82) is 0 Å². The smallest absolute Gasteiger partial charge is 0.321 e. The molecule has 3 heterocycles. The molecule has 31 heavy (non-hydrogen) atoms. The third-order valence-corrected chi connectivity index (χ3v) is 6.00. The van der Waals surface area contributed by atoms with Crippen molar-refractivity contribution in [2.45, 2.75) is 24.9 Å². The minimum atomic E-state index is -4.58. The zero-order chi connectivity index (χ0) is 21.8. The van der Waals surface area contributed by atoms with Crippen LogP contribution in [0.1, 0.15) is 39.7 Å². The van der Waals surface area contributed by atoms with Gasteiger partial charge in [0.2, 0.25) is 0 Å². The number of hydrogen-bond donors (Lipinski definition) is 1. The van der Waals surface area contributed by atoms with Gasteiger partial charge >= 0.3 is 6.18 Å². The Bertz CT molecular complexity index is 1310. The van der Waals surface area contributed by atoms with Gasteiger partial charge < -0.3 is 5.32 Å². The minimum absolute atomic E-state index is 0.0378. The van der Waals surface area contributed by atoms with Gasteiger partial charge in [-0.1, -0.05) is 18.2 Å². The van der Waals surface area contributed by atoms with E-state index in [1.54, 1.807) is 4.68 Å². The molecule has 1 fully saturated rings. The number of aromatic nitrogens is 4. The summed E-state index contributed by atoms with van der Waals surface area (Å²) in [5, 5.41) is 8.07. The highest BCUT2D eigenvalue weighted by Gasteiger charge is 2.35. The first-order valence-corrected chi connectivity index (χ1v) is 10.4. The van der Waals surface area contributed by atoms with Gasteiger partial charge in [-0.15, -0.1) is 0 Å². The predicted molar refractivity (Wildman–Crippen MR) is 111 cm³/mol.